The van der Waals surface area contributed by atoms with Crippen molar-refractivity contribution in [3.05, 3.63) is 29.7 Å². The molecular formula is C13H14FN3O. The Balaban J connectivity index is 2.16. The molecule has 1 aliphatic rings. The summed E-state index contributed by atoms with van der Waals surface area (Å²) in [5.41, 5.74) is 7.06. The number of aromatic nitrogens is 2. The van der Waals surface area contributed by atoms with E-state index in [1.54, 1.807) is 6.07 Å². The van der Waals surface area contributed by atoms with Gasteiger partial charge in [0.05, 0.1) is 11.2 Å². The van der Waals surface area contributed by atoms with E-state index < -0.39 is 0 Å². The summed E-state index contributed by atoms with van der Waals surface area (Å²) in [7, 11) is 0. The fraction of sp³-hybridized carbons (Fsp3) is 0.385. The van der Waals surface area contributed by atoms with Crippen LogP contribution >= 0.6 is 0 Å². The summed E-state index contributed by atoms with van der Waals surface area (Å²) in [4.78, 5) is 8.36. The molecule has 1 unspecified atom stereocenters. The second-order valence-corrected chi connectivity index (χ2v) is 4.48. The zero-order chi connectivity index (χ0) is 12.5. The number of nitrogen functional groups attached to an aromatic ring is 1. The minimum Gasteiger partial charge on any atom is -0.372 e. The number of benzene rings is 1. The van der Waals surface area contributed by atoms with Crippen molar-refractivity contribution in [2.45, 2.75) is 25.4 Å². The number of rotatable bonds is 1. The van der Waals surface area contributed by atoms with Crippen molar-refractivity contribution in [1.29, 1.82) is 0 Å². The number of ether oxygens (including phenoxy) is 1. The number of nitrogens with two attached hydrogens (primary N) is 1. The molecule has 0 spiro atoms. The van der Waals surface area contributed by atoms with Crippen molar-refractivity contribution in [3.63, 3.8) is 0 Å². The van der Waals surface area contributed by atoms with Gasteiger partial charge in [-0.15, -0.1) is 0 Å². The molecular weight excluding hydrogens is 233 g/mol. The van der Waals surface area contributed by atoms with Gasteiger partial charge in [-0.05, 0) is 37.5 Å². The summed E-state index contributed by atoms with van der Waals surface area (Å²) in [5.74, 6) is -0.0915. The van der Waals surface area contributed by atoms with E-state index >= 15 is 0 Å². The van der Waals surface area contributed by atoms with Crippen molar-refractivity contribution in [2.75, 3.05) is 12.3 Å². The van der Waals surface area contributed by atoms with Gasteiger partial charge in [0, 0.05) is 12.0 Å². The van der Waals surface area contributed by atoms with Gasteiger partial charge in [-0.1, -0.05) is 0 Å². The van der Waals surface area contributed by atoms with E-state index in [0.29, 0.717) is 23.2 Å². The van der Waals surface area contributed by atoms with E-state index in [-0.39, 0.29) is 17.9 Å². The van der Waals surface area contributed by atoms with Crippen molar-refractivity contribution < 1.29 is 9.13 Å². The fourth-order valence-electron chi connectivity index (χ4n) is 2.34. The summed E-state index contributed by atoms with van der Waals surface area (Å²) >= 11 is 0. The number of hydrogen-bond acceptors (Lipinski definition) is 4. The Labute approximate surface area is 104 Å². The highest BCUT2D eigenvalue weighted by atomic mass is 19.1. The van der Waals surface area contributed by atoms with Crippen molar-refractivity contribution in [2.24, 2.45) is 0 Å². The standard InChI is InChI=1S/C13H14FN3O/c14-8-4-5-10-9(7-8)12(17-13(15)16-10)11-3-1-2-6-18-11/h4-5,7,11H,1-3,6H2,(H2,15,16,17). The number of fused-ring (bicyclic) bond motifs is 1. The maximum Gasteiger partial charge on any atom is 0.220 e. The van der Waals surface area contributed by atoms with E-state index in [0.717, 1.165) is 19.3 Å². The lowest BCUT2D eigenvalue weighted by Crippen LogP contribution is -2.14. The summed E-state index contributed by atoms with van der Waals surface area (Å²) in [6, 6.07) is 4.44. The van der Waals surface area contributed by atoms with Gasteiger partial charge in [-0.3, -0.25) is 0 Å². The highest BCUT2D eigenvalue weighted by Crippen LogP contribution is 2.31. The van der Waals surface area contributed by atoms with Crippen LogP contribution in [0, 0.1) is 5.82 Å². The Morgan fingerprint density at radius 3 is 2.94 bits per heavy atom. The van der Waals surface area contributed by atoms with E-state index in [9.17, 15) is 4.39 Å². The van der Waals surface area contributed by atoms with Crippen LogP contribution in [0.1, 0.15) is 31.1 Å². The van der Waals surface area contributed by atoms with Gasteiger partial charge >= 0.3 is 0 Å². The summed E-state index contributed by atoms with van der Waals surface area (Å²) < 4.78 is 19.1. The molecule has 0 saturated carbocycles. The molecule has 2 N–H and O–H groups in total. The normalized spacial score (nSPS) is 20.2. The maximum atomic E-state index is 13.4. The third kappa shape index (κ3) is 2.01. The molecule has 5 heteroatoms. The Kier molecular flexibility index (Phi) is 2.83. The van der Waals surface area contributed by atoms with Crippen LogP contribution in [0.4, 0.5) is 10.3 Å². The lowest BCUT2D eigenvalue weighted by Gasteiger charge is -2.23. The molecule has 1 aromatic heterocycles. The molecule has 4 nitrogen and oxygen atoms in total. The van der Waals surface area contributed by atoms with Crippen LogP contribution in [0.5, 0.6) is 0 Å². The Hall–Kier alpha value is -1.75. The van der Waals surface area contributed by atoms with Crippen LogP contribution in [-0.4, -0.2) is 16.6 Å². The number of halogens is 1. The van der Waals surface area contributed by atoms with Crippen LogP contribution in [0.15, 0.2) is 18.2 Å². The highest BCUT2D eigenvalue weighted by molar-refractivity contribution is 5.82. The Morgan fingerprint density at radius 1 is 1.28 bits per heavy atom. The Morgan fingerprint density at radius 2 is 2.17 bits per heavy atom. The average Bonchev–Trinajstić information content (AvgIpc) is 2.39. The van der Waals surface area contributed by atoms with Crippen LogP contribution in [0.3, 0.4) is 0 Å². The summed E-state index contributed by atoms with van der Waals surface area (Å²) in [5, 5.41) is 0.691. The van der Waals surface area contributed by atoms with E-state index in [1.807, 2.05) is 0 Å². The van der Waals surface area contributed by atoms with Crippen LogP contribution < -0.4 is 5.73 Å². The molecule has 3 rings (SSSR count). The third-order valence-electron chi connectivity index (χ3n) is 3.19. The lowest BCUT2D eigenvalue weighted by molar-refractivity contribution is 0.0133. The molecule has 1 aromatic carbocycles. The van der Waals surface area contributed by atoms with Gasteiger partial charge < -0.3 is 10.5 Å². The first-order chi connectivity index (χ1) is 8.74. The molecule has 0 amide bonds. The second kappa shape index (κ2) is 4.49. The molecule has 1 atom stereocenters. The van der Waals surface area contributed by atoms with Crippen molar-refractivity contribution in [1.82, 2.24) is 9.97 Å². The predicted octanol–water partition coefficient (Wildman–Crippen LogP) is 2.59. The Bertz CT molecular complexity index is 582. The molecule has 2 heterocycles. The quantitative estimate of drug-likeness (QED) is 0.841. The zero-order valence-electron chi connectivity index (χ0n) is 9.90. The number of nitrogens with zero attached hydrogens (tertiary/aromatic N) is 2. The van der Waals surface area contributed by atoms with E-state index in [4.69, 9.17) is 10.5 Å². The molecule has 1 aliphatic heterocycles. The first kappa shape index (κ1) is 11.3. The topological polar surface area (TPSA) is 61.0 Å². The molecule has 0 radical (unpaired) electrons. The predicted molar refractivity (Wildman–Crippen MR) is 66.5 cm³/mol. The van der Waals surface area contributed by atoms with Gasteiger partial charge in [0.2, 0.25) is 5.95 Å². The van der Waals surface area contributed by atoms with Gasteiger partial charge in [0.15, 0.2) is 0 Å². The minimum atomic E-state index is -0.298. The molecule has 94 valence electrons. The SMILES string of the molecule is Nc1nc(C2CCCCO2)c2cc(F)ccc2n1. The van der Waals surface area contributed by atoms with Crippen LogP contribution in [0.25, 0.3) is 10.9 Å². The molecule has 0 bridgehead atoms. The third-order valence-corrected chi connectivity index (χ3v) is 3.19. The van der Waals surface area contributed by atoms with Gasteiger partial charge in [0.1, 0.15) is 11.9 Å². The molecule has 18 heavy (non-hydrogen) atoms. The number of anilines is 1. The van der Waals surface area contributed by atoms with Crippen molar-refractivity contribution >= 4 is 16.9 Å². The smallest absolute Gasteiger partial charge is 0.220 e. The van der Waals surface area contributed by atoms with Gasteiger partial charge in [-0.2, -0.15) is 0 Å². The molecule has 1 fully saturated rings. The van der Waals surface area contributed by atoms with Gasteiger partial charge in [-0.25, -0.2) is 14.4 Å². The first-order valence-electron chi connectivity index (χ1n) is 6.08. The van der Waals surface area contributed by atoms with Crippen molar-refractivity contribution in [3.8, 4) is 0 Å². The lowest BCUT2D eigenvalue weighted by atomic mass is 10.0. The molecule has 2 aromatic rings. The van der Waals surface area contributed by atoms with Gasteiger partial charge in [0.25, 0.3) is 0 Å². The fourth-order valence-corrected chi connectivity index (χ4v) is 2.34. The molecule has 0 aliphatic carbocycles. The first-order valence-corrected chi connectivity index (χ1v) is 6.08. The monoisotopic (exact) mass is 247 g/mol. The summed E-state index contributed by atoms with van der Waals surface area (Å²) in [6.45, 7) is 0.714. The second-order valence-electron chi connectivity index (χ2n) is 4.48. The van der Waals surface area contributed by atoms with E-state index in [1.165, 1.54) is 12.1 Å². The zero-order valence-corrected chi connectivity index (χ0v) is 9.90. The molecule has 1 saturated heterocycles. The maximum absolute atomic E-state index is 13.4. The van der Waals surface area contributed by atoms with Crippen LogP contribution in [-0.2, 0) is 4.74 Å². The highest BCUT2D eigenvalue weighted by Gasteiger charge is 2.21. The minimum absolute atomic E-state index is 0.103. The number of hydrogen-bond donors (Lipinski definition) is 1. The van der Waals surface area contributed by atoms with Crippen LogP contribution in [0.2, 0.25) is 0 Å². The van der Waals surface area contributed by atoms with E-state index in [2.05, 4.69) is 9.97 Å². The average molecular weight is 247 g/mol. The summed E-state index contributed by atoms with van der Waals surface area (Å²) in [6.07, 6.45) is 2.94. The largest absolute Gasteiger partial charge is 0.372 e.